The summed E-state index contributed by atoms with van der Waals surface area (Å²) in [5, 5.41) is 0. The molecule has 2 nitrogen and oxygen atoms in total. The van der Waals surface area contributed by atoms with Gasteiger partial charge in [0.15, 0.2) is 0 Å². The second-order valence-corrected chi connectivity index (χ2v) is 4.55. The quantitative estimate of drug-likeness (QED) is 0.765. The van der Waals surface area contributed by atoms with Gasteiger partial charge in [-0.15, -0.1) is 0 Å². The van der Waals surface area contributed by atoms with Crippen molar-refractivity contribution >= 4 is 15.9 Å². The predicted molar refractivity (Wildman–Crippen MR) is 60.7 cm³/mol. The number of benzene rings is 1. The van der Waals surface area contributed by atoms with E-state index in [-0.39, 0.29) is 0 Å². The summed E-state index contributed by atoms with van der Waals surface area (Å²) in [7, 11) is 3.88. The molecule has 0 saturated carbocycles. The largest absolute Gasteiger partial charge is 0.496 e. The molecular weight excluding hydrogens is 242 g/mol. The van der Waals surface area contributed by atoms with E-state index in [2.05, 4.69) is 33.9 Å². The second kappa shape index (κ2) is 3.91. The SMILES string of the molecule is COc1ccc(Br)c2c1CN(C)CC2. The van der Waals surface area contributed by atoms with Crippen LogP contribution >= 0.6 is 15.9 Å². The maximum atomic E-state index is 5.37. The van der Waals surface area contributed by atoms with E-state index < -0.39 is 0 Å². The van der Waals surface area contributed by atoms with Gasteiger partial charge in [-0.05, 0) is 31.2 Å². The molecule has 0 atom stereocenters. The summed E-state index contributed by atoms with van der Waals surface area (Å²) >= 11 is 3.59. The van der Waals surface area contributed by atoms with Crippen LogP contribution < -0.4 is 4.74 Å². The highest BCUT2D eigenvalue weighted by Crippen LogP contribution is 2.32. The Bertz CT molecular complexity index is 351. The third kappa shape index (κ3) is 1.66. The molecule has 1 heterocycles. The predicted octanol–water partition coefficient (Wildman–Crippen LogP) is 2.45. The van der Waals surface area contributed by atoms with Gasteiger partial charge in [0.2, 0.25) is 0 Å². The zero-order chi connectivity index (χ0) is 10.1. The summed E-state index contributed by atoms with van der Waals surface area (Å²) in [5.74, 6) is 1.01. The zero-order valence-electron chi connectivity index (χ0n) is 8.51. The van der Waals surface area contributed by atoms with Crippen LogP contribution in [-0.4, -0.2) is 25.6 Å². The fourth-order valence-corrected chi connectivity index (χ4v) is 2.50. The molecule has 0 fully saturated rings. The highest BCUT2D eigenvalue weighted by molar-refractivity contribution is 9.10. The molecule has 14 heavy (non-hydrogen) atoms. The molecule has 2 rings (SSSR count). The van der Waals surface area contributed by atoms with Crippen molar-refractivity contribution in [1.29, 1.82) is 0 Å². The van der Waals surface area contributed by atoms with Crippen LogP contribution in [0.2, 0.25) is 0 Å². The van der Waals surface area contributed by atoms with Gasteiger partial charge in [-0.25, -0.2) is 0 Å². The lowest BCUT2D eigenvalue weighted by atomic mass is 9.99. The number of likely N-dealkylation sites (N-methyl/N-ethyl adjacent to an activating group) is 1. The van der Waals surface area contributed by atoms with Gasteiger partial charge in [-0.2, -0.15) is 0 Å². The maximum absolute atomic E-state index is 5.37. The van der Waals surface area contributed by atoms with Crippen LogP contribution in [0.25, 0.3) is 0 Å². The van der Waals surface area contributed by atoms with Crippen molar-refractivity contribution in [3.8, 4) is 5.75 Å². The molecule has 1 aliphatic rings. The van der Waals surface area contributed by atoms with Gasteiger partial charge < -0.3 is 9.64 Å². The molecule has 0 spiro atoms. The molecule has 0 amide bonds. The van der Waals surface area contributed by atoms with Crippen LogP contribution in [0, 0.1) is 0 Å². The molecule has 0 bridgehead atoms. The average molecular weight is 256 g/mol. The average Bonchev–Trinajstić information content (AvgIpc) is 2.18. The van der Waals surface area contributed by atoms with Crippen LogP contribution in [0.3, 0.4) is 0 Å². The standard InChI is InChI=1S/C11H14BrNO/c1-13-6-5-8-9(7-13)11(14-2)4-3-10(8)12/h3-4H,5-7H2,1-2H3. The van der Waals surface area contributed by atoms with Crippen LogP contribution in [0.1, 0.15) is 11.1 Å². The summed E-state index contributed by atoms with van der Waals surface area (Å²) in [4.78, 5) is 2.32. The monoisotopic (exact) mass is 255 g/mol. The van der Waals surface area contributed by atoms with Crippen molar-refractivity contribution in [3.63, 3.8) is 0 Å². The zero-order valence-corrected chi connectivity index (χ0v) is 10.1. The number of ether oxygens (including phenoxy) is 1. The molecule has 3 heteroatoms. The van der Waals surface area contributed by atoms with Crippen LogP contribution in [0.5, 0.6) is 5.75 Å². The molecule has 76 valence electrons. The Balaban J connectivity index is 2.49. The number of hydrogen-bond acceptors (Lipinski definition) is 2. The van der Waals surface area contributed by atoms with Gasteiger partial charge >= 0.3 is 0 Å². The van der Waals surface area contributed by atoms with Crippen molar-refractivity contribution in [2.24, 2.45) is 0 Å². The van der Waals surface area contributed by atoms with Gasteiger partial charge in [0.05, 0.1) is 7.11 Å². The minimum absolute atomic E-state index is 0.984. The summed E-state index contributed by atoms with van der Waals surface area (Å²) in [6, 6.07) is 4.10. The number of methoxy groups -OCH3 is 1. The van der Waals surface area contributed by atoms with Crippen molar-refractivity contribution in [3.05, 3.63) is 27.7 Å². The van der Waals surface area contributed by atoms with Crippen molar-refractivity contribution in [2.45, 2.75) is 13.0 Å². The number of halogens is 1. The topological polar surface area (TPSA) is 12.5 Å². The van der Waals surface area contributed by atoms with E-state index in [4.69, 9.17) is 4.74 Å². The Kier molecular flexibility index (Phi) is 2.79. The molecule has 0 radical (unpaired) electrons. The Morgan fingerprint density at radius 2 is 2.14 bits per heavy atom. The molecule has 1 aromatic rings. The summed E-state index contributed by atoms with van der Waals surface area (Å²) < 4.78 is 6.58. The number of rotatable bonds is 1. The summed E-state index contributed by atoms with van der Waals surface area (Å²) in [6.07, 6.45) is 1.10. The molecule has 0 aromatic heterocycles. The van der Waals surface area contributed by atoms with Gasteiger partial charge in [-0.1, -0.05) is 15.9 Å². The lowest BCUT2D eigenvalue weighted by molar-refractivity contribution is 0.301. The Morgan fingerprint density at radius 1 is 1.36 bits per heavy atom. The van der Waals surface area contributed by atoms with Gasteiger partial charge in [0.25, 0.3) is 0 Å². The summed E-state index contributed by atoms with van der Waals surface area (Å²) in [6.45, 7) is 2.11. The minimum Gasteiger partial charge on any atom is -0.496 e. The Hall–Kier alpha value is -0.540. The molecule has 0 unspecified atom stereocenters. The van der Waals surface area contributed by atoms with Crippen molar-refractivity contribution < 1.29 is 4.74 Å². The number of hydrogen-bond donors (Lipinski definition) is 0. The normalized spacial score (nSPS) is 16.5. The highest BCUT2D eigenvalue weighted by atomic mass is 79.9. The summed E-state index contributed by atoms with van der Waals surface area (Å²) in [5.41, 5.74) is 2.73. The van der Waals surface area contributed by atoms with Gasteiger partial charge in [0.1, 0.15) is 5.75 Å². The fraction of sp³-hybridized carbons (Fsp3) is 0.455. The van der Waals surface area contributed by atoms with E-state index in [0.717, 1.165) is 25.3 Å². The van der Waals surface area contributed by atoms with Crippen LogP contribution in [-0.2, 0) is 13.0 Å². The van der Waals surface area contributed by atoms with E-state index in [1.165, 1.54) is 15.6 Å². The van der Waals surface area contributed by atoms with Gasteiger partial charge in [-0.3, -0.25) is 0 Å². The molecule has 0 N–H and O–H groups in total. The second-order valence-electron chi connectivity index (χ2n) is 3.69. The Labute approximate surface area is 93.0 Å². The van der Waals surface area contributed by atoms with Crippen molar-refractivity contribution in [2.75, 3.05) is 20.7 Å². The first kappa shape index (κ1) is 9.99. The maximum Gasteiger partial charge on any atom is 0.123 e. The minimum atomic E-state index is 0.984. The lowest BCUT2D eigenvalue weighted by Gasteiger charge is -2.27. The van der Waals surface area contributed by atoms with Gasteiger partial charge in [0, 0.05) is 23.1 Å². The van der Waals surface area contributed by atoms with Crippen LogP contribution in [0.4, 0.5) is 0 Å². The molecule has 1 aromatic carbocycles. The van der Waals surface area contributed by atoms with E-state index in [0.29, 0.717) is 0 Å². The molecular formula is C11H14BrNO. The molecule has 1 aliphatic heterocycles. The third-order valence-corrected chi connectivity index (χ3v) is 3.47. The van der Waals surface area contributed by atoms with E-state index >= 15 is 0 Å². The number of nitrogens with zero attached hydrogens (tertiary/aromatic N) is 1. The fourth-order valence-electron chi connectivity index (χ4n) is 1.93. The first-order chi connectivity index (χ1) is 6.72. The first-order valence-corrected chi connectivity index (χ1v) is 5.54. The van der Waals surface area contributed by atoms with Crippen molar-refractivity contribution in [1.82, 2.24) is 4.90 Å². The van der Waals surface area contributed by atoms with Crippen LogP contribution in [0.15, 0.2) is 16.6 Å². The molecule has 0 aliphatic carbocycles. The van der Waals surface area contributed by atoms with E-state index in [1.807, 2.05) is 6.07 Å². The third-order valence-electron chi connectivity index (χ3n) is 2.72. The van der Waals surface area contributed by atoms with E-state index in [1.54, 1.807) is 7.11 Å². The smallest absolute Gasteiger partial charge is 0.123 e. The number of fused-ring (bicyclic) bond motifs is 1. The first-order valence-electron chi connectivity index (χ1n) is 4.75. The highest BCUT2D eigenvalue weighted by Gasteiger charge is 2.19. The Morgan fingerprint density at radius 3 is 2.86 bits per heavy atom. The van der Waals surface area contributed by atoms with E-state index in [9.17, 15) is 0 Å². The lowest BCUT2D eigenvalue weighted by Crippen LogP contribution is -2.27. The molecule has 0 saturated heterocycles.